The summed E-state index contributed by atoms with van der Waals surface area (Å²) in [5.41, 5.74) is 0. The minimum absolute atomic E-state index is 0.833. The quantitative estimate of drug-likeness (QED) is 0.748. The summed E-state index contributed by atoms with van der Waals surface area (Å²) in [6.45, 7) is 2.33. The molecule has 0 amide bonds. The van der Waals surface area contributed by atoms with Gasteiger partial charge in [0.25, 0.3) is 0 Å². The van der Waals surface area contributed by atoms with Crippen LogP contribution < -0.4 is 5.32 Å². The van der Waals surface area contributed by atoms with Crippen LogP contribution in [0.15, 0.2) is 0 Å². The Morgan fingerprint density at radius 1 is 0.941 bits per heavy atom. The summed E-state index contributed by atoms with van der Waals surface area (Å²) in [5, 5.41) is 3.66. The van der Waals surface area contributed by atoms with Gasteiger partial charge < -0.3 is 5.32 Å². The molecule has 2 aliphatic carbocycles. The van der Waals surface area contributed by atoms with Gasteiger partial charge in [0.05, 0.1) is 0 Å². The first-order valence-electron chi connectivity index (χ1n) is 8.02. The van der Waals surface area contributed by atoms with Crippen LogP contribution in [0.5, 0.6) is 0 Å². The fraction of sp³-hybridized carbons (Fsp3) is 1.00. The van der Waals surface area contributed by atoms with Crippen molar-refractivity contribution >= 4 is 0 Å². The summed E-state index contributed by atoms with van der Waals surface area (Å²) in [6, 6.07) is 0.833. The lowest BCUT2D eigenvalue weighted by molar-refractivity contribution is 0.180. The third kappa shape index (κ3) is 3.47. The van der Waals surface area contributed by atoms with Gasteiger partial charge >= 0.3 is 0 Å². The Morgan fingerprint density at radius 2 is 1.53 bits per heavy atom. The van der Waals surface area contributed by atoms with Crippen LogP contribution in [0, 0.1) is 17.8 Å². The molecule has 0 heterocycles. The Labute approximate surface area is 108 Å². The zero-order chi connectivity index (χ0) is 12.1. The SMILES string of the molecule is CCCC1CCC(C(NC)C2CCCC2)CC1. The lowest BCUT2D eigenvalue weighted by Crippen LogP contribution is -2.41. The van der Waals surface area contributed by atoms with Gasteiger partial charge in [-0.15, -0.1) is 0 Å². The lowest BCUT2D eigenvalue weighted by Gasteiger charge is -2.36. The monoisotopic (exact) mass is 237 g/mol. The molecule has 0 spiro atoms. The Balaban J connectivity index is 1.81. The van der Waals surface area contributed by atoms with Crippen molar-refractivity contribution in [2.75, 3.05) is 7.05 Å². The molecule has 0 saturated heterocycles. The van der Waals surface area contributed by atoms with Crippen LogP contribution in [0.1, 0.15) is 71.1 Å². The maximum atomic E-state index is 3.66. The minimum Gasteiger partial charge on any atom is -0.316 e. The van der Waals surface area contributed by atoms with E-state index in [4.69, 9.17) is 0 Å². The molecule has 1 unspecified atom stereocenters. The van der Waals surface area contributed by atoms with E-state index in [-0.39, 0.29) is 0 Å². The second-order valence-electron chi connectivity index (χ2n) is 6.43. The van der Waals surface area contributed by atoms with E-state index < -0.39 is 0 Å². The maximum absolute atomic E-state index is 3.66. The zero-order valence-electron chi connectivity index (χ0n) is 11.9. The van der Waals surface area contributed by atoms with Gasteiger partial charge in [-0.05, 0) is 50.5 Å². The molecule has 1 atom stereocenters. The van der Waals surface area contributed by atoms with Crippen molar-refractivity contribution in [3.05, 3.63) is 0 Å². The van der Waals surface area contributed by atoms with Gasteiger partial charge in [0.2, 0.25) is 0 Å². The van der Waals surface area contributed by atoms with Crippen molar-refractivity contribution in [1.82, 2.24) is 5.32 Å². The fourth-order valence-corrected chi connectivity index (χ4v) is 4.42. The van der Waals surface area contributed by atoms with E-state index in [2.05, 4.69) is 19.3 Å². The highest BCUT2D eigenvalue weighted by atomic mass is 14.9. The fourth-order valence-electron chi connectivity index (χ4n) is 4.42. The smallest absolute Gasteiger partial charge is 0.0121 e. The predicted octanol–water partition coefficient (Wildman–Crippen LogP) is 4.37. The number of hydrogen-bond donors (Lipinski definition) is 1. The van der Waals surface area contributed by atoms with E-state index in [0.29, 0.717) is 0 Å². The number of nitrogens with one attached hydrogen (secondary N) is 1. The Morgan fingerprint density at radius 3 is 2.06 bits per heavy atom. The van der Waals surface area contributed by atoms with E-state index in [1.807, 2.05) is 0 Å². The highest BCUT2D eigenvalue weighted by Crippen LogP contribution is 2.38. The normalized spacial score (nSPS) is 32.8. The standard InChI is InChI=1S/C16H31N/c1-3-6-13-9-11-15(12-10-13)16(17-2)14-7-4-5-8-14/h13-17H,3-12H2,1-2H3. The number of hydrogen-bond acceptors (Lipinski definition) is 1. The summed E-state index contributed by atoms with van der Waals surface area (Å²) >= 11 is 0. The van der Waals surface area contributed by atoms with Crippen molar-refractivity contribution in [2.24, 2.45) is 17.8 Å². The van der Waals surface area contributed by atoms with E-state index in [1.165, 1.54) is 64.2 Å². The highest BCUT2D eigenvalue weighted by molar-refractivity contribution is 4.87. The molecule has 2 rings (SSSR count). The summed E-state index contributed by atoms with van der Waals surface area (Å²) < 4.78 is 0. The van der Waals surface area contributed by atoms with Crippen molar-refractivity contribution in [2.45, 2.75) is 77.2 Å². The van der Waals surface area contributed by atoms with Crippen LogP contribution in [-0.4, -0.2) is 13.1 Å². The largest absolute Gasteiger partial charge is 0.316 e. The minimum atomic E-state index is 0.833. The maximum Gasteiger partial charge on any atom is 0.0121 e. The van der Waals surface area contributed by atoms with Crippen molar-refractivity contribution in [3.63, 3.8) is 0 Å². The van der Waals surface area contributed by atoms with Gasteiger partial charge in [-0.1, -0.05) is 45.4 Å². The molecule has 2 aliphatic rings. The van der Waals surface area contributed by atoms with Crippen LogP contribution >= 0.6 is 0 Å². The summed E-state index contributed by atoms with van der Waals surface area (Å²) in [7, 11) is 2.20. The van der Waals surface area contributed by atoms with E-state index in [1.54, 1.807) is 0 Å². The Hall–Kier alpha value is -0.0400. The molecule has 1 nitrogen and oxygen atoms in total. The molecule has 0 aromatic carbocycles. The third-order valence-electron chi connectivity index (χ3n) is 5.34. The first-order valence-corrected chi connectivity index (χ1v) is 8.02. The molecular weight excluding hydrogens is 206 g/mol. The van der Waals surface area contributed by atoms with Crippen LogP contribution in [0.25, 0.3) is 0 Å². The lowest BCUT2D eigenvalue weighted by atomic mass is 9.74. The van der Waals surface area contributed by atoms with Gasteiger partial charge in [-0.2, -0.15) is 0 Å². The molecule has 17 heavy (non-hydrogen) atoms. The molecule has 2 saturated carbocycles. The van der Waals surface area contributed by atoms with Crippen molar-refractivity contribution in [1.29, 1.82) is 0 Å². The summed E-state index contributed by atoms with van der Waals surface area (Å²) in [6.07, 6.45) is 14.8. The van der Waals surface area contributed by atoms with Crippen LogP contribution in [0.4, 0.5) is 0 Å². The second kappa shape index (κ2) is 6.78. The average molecular weight is 237 g/mol. The molecule has 0 aliphatic heterocycles. The van der Waals surface area contributed by atoms with E-state index in [0.717, 1.165) is 23.8 Å². The topological polar surface area (TPSA) is 12.0 Å². The second-order valence-corrected chi connectivity index (χ2v) is 6.43. The molecule has 0 radical (unpaired) electrons. The van der Waals surface area contributed by atoms with Crippen LogP contribution in [0.3, 0.4) is 0 Å². The molecule has 0 aromatic heterocycles. The van der Waals surface area contributed by atoms with E-state index >= 15 is 0 Å². The first-order chi connectivity index (χ1) is 8.35. The van der Waals surface area contributed by atoms with Crippen LogP contribution in [-0.2, 0) is 0 Å². The first kappa shape index (κ1) is 13.4. The molecule has 1 N–H and O–H groups in total. The summed E-state index contributed by atoms with van der Waals surface area (Å²) in [4.78, 5) is 0. The zero-order valence-corrected chi connectivity index (χ0v) is 11.9. The van der Waals surface area contributed by atoms with E-state index in [9.17, 15) is 0 Å². The Bertz CT molecular complexity index is 200. The molecule has 0 aromatic rings. The van der Waals surface area contributed by atoms with Crippen molar-refractivity contribution < 1.29 is 0 Å². The van der Waals surface area contributed by atoms with Gasteiger partial charge in [-0.25, -0.2) is 0 Å². The molecule has 100 valence electrons. The molecule has 0 bridgehead atoms. The van der Waals surface area contributed by atoms with Gasteiger partial charge in [0.15, 0.2) is 0 Å². The third-order valence-corrected chi connectivity index (χ3v) is 5.34. The molecular formula is C16H31N. The molecule has 2 fully saturated rings. The Kier molecular flexibility index (Phi) is 5.34. The highest BCUT2D eigenvalue weighted by Gasteiger charge is 2.32. The summed E-state index contributed by atoms with van der Waals surface area (Å²) in [5.74, 6) is 3.03. The van der Waals surface area contributed by atoms with Gasteiger partial charge in [0.1, 0.15) is 0 Å². The number of rotatable bonds is 5. The van der Waals surface area contributed by atoms with Crippen molar-refractivity contribution in [3.8, 4) is 0 Å². The van der Waals surface area contributed by atoms with Gasteiger partial charge in [0, 0.05) is 6.04 Å². The van der Waals surface area contributed by atoms with Crippen LogP contribution in [0.2, 0.25) is 0 Å². The van der Waals surface area contributed by atoms with Gasteiger partial charge in [-0.3, -0.25) is 0 Å². The molecule has 1 heteroatoms. The average Bonchev–Trinajstić information content (AvgIpc) is 2.86. The predicted molar refractivity (Wildman–Crippen MR) is 75.2 cm³/mol.